The van der Waals surface area contributed by atoms with Gasteiger partial charge in [0.15, 0.2) is 0 Å². The predicted molar refractivity (Wildman–Crippen MR) is 61.0 cm³/mol. The predicted octanol–water partition coefficient (Wildman–Crippen LogP) is 2.88. The van der Waals surface area contributed by atoms with Crippen LogP contribution in [0.3, 0.4) is 0 Å². The minimum absolute atomic E-state index is 0.339. The molecule has 1 unspecified atom stereocenters. The molecule has 1 aromatic rings. The molecule has 2 rings (SSSR count). The number of pyridine rings is 1. The Bertz CT molecular complexity index is 371. The van der Waals surface area contributed by atoms with Crippen molar-refractivity contribution in [2.75, 3.05) is 0 Å². The van der Waals surface area contributed by atoms with Crippen molar-refractivity contribution in [3.63, 3.8) is 0 Å². The van der Waals surface area contributed by atoms with Gasteiger partial charge in [-0.1, -0.05) is 19.9 Å². The Labute approximate surface area is 91.4 Å². The fourth-order valence-electron chi connectivity index (χ4n) is 2.38. The molecule has 1 N–H and O–H groups in total. The fraction of sp³-hybridized carbons (Fsp3) is 0.615. The van der Waals surface area contributed by atoms with Crippen molar-refractivity contribution >= 4 is 0 Å². The Morgan fingerprint density at radius 3 is 2.87 bits per heavy atom. The van der Waals surface area contributed by atoms with Crippen molar-refractivity contribution < 1.29 is 5.11 Å². The van der Waals surface area contributed by atoms with Gasteiger partial charge in [0.2, 0.25) is 0 Å². The first-order valence-corrected chi connectivity index (χ1v) is 5.78. The SMILES string of the molecule is Cc1nc2c(cc1C(C)C)CCCC2O. The molecule has 15 heavy (non-hydrogen) atoms. The van der Waals surface area contributed by atoms with Gasteiger partial charge < -0.3 is 5.11 Å². The summed E-state index contributed by atoms with van der Waals surface area (Å²) in [5, 5.41) is 9.85. The van der Waals surface area contributed by atoms with E-state index < -0.39 is 0 Å². The number of hydrogen-bond donors (Lipinski definition) is 1. The third kappa shape index (κ3) is 1.91. The van der Waals surface area contributed by atoms with Crippen LogP contribution in [-0.4, -0.2) is 10.1 Å². The van der Waals surface area contributed by atoms with Gasteiger partial charge in [-0.3, -0.25) is 4.98 Å². The molecular weight excluding hydrogens is 186 g/mol. The average molecular weight is 205 g/mol. The van der Waals surface area contributed by atoms with E-state index in [0.29, 0.717) is 5.92 Å². The van der Waals surface area contributed by atoms with Crippen LogP contribution in [0.15, 0.2) is 6.07 Å². The van der Waals surface area contributed by atoms with E-state index in [1.54, 1.807) is 0 Å². The van der Waals surface area contributed by atoms with Crippen LogP contribution in [0.25, 0.3) is 0 Å². The zero-order valence-corrected chi connectivity index (χ0v) is 9.75. The van der Waals surface area contributed by atoms with Crippen molar-refractivity contribution in [2.45, 2.75) is 52.1 Å². The molecule has 0 aliphatic heterocycles. The second-order valence-electron chi connectivity index (χ2n) is 4.77. The Hall–Kier alpha value is -0.890. The third-order valence-corrected chi connectivity index (χ3v) is 3.23. The minimum Gasteiger partial charge on any atom is -0.387 e. The molecule has 2 heteroatoms. The maximum absolute atomic E-state index is 9.85. The van der Waals surface area contributed by atoms with Crippen LogP contribution in [-0.2, 0) is 6.42 Å². The van der Waals surface area contributed by atoms with Gasteiger partial charge in [0.25, 0.3) is 0 Å². The molecule has 0 radical (unpaired) electrons. The van der Waals surface area contributed by atoms with E-state index in [0.717, 1.165) is 30.7 Å². The second-order valence-corrected chi connectivity index (χ2v) is 4.77. The first kappa shape index (κ1) is 10.6. The second kappa shape index (κ2) is 3.93. The van der Waals surface area contributed by atoms with Gasteiger partial charge in [0, 0.05) is 5.69 Å². The quantitative estimate of drug-likeness (QED) is 0.764. The summed E-state index contributed by atoms with van der Waals surface area (Å²) in [5.74, 6) is 0.516. The topological polar surface area (TPSA) is 33.1 Å². The Kier molecular flexibility index (Phi) is 2.79. The molecule has 1 aliphatic rings. The van der Waals surface area contributed by atoms with Gasteiger partial charge in [-0.05, 0) is 43.2 Å². The van der Waals surface area contributed by atoms with Crippen molar-refractivity contribution in [1.29, 1.82) is 0 Å². The van der Waals surface area contributed by atoms with Crippen molar-refractivity contribution in [3.05, 3.63) is 28.6 Å². The van der Waals surface area contributed by atoms with Crippen LogP contribution in [0.2, 0.25) is 0 Å². The van der Waals surface area contributed by atoms with Crippen LogP contribution >= 0.6 is 0 Å². The summed E-state index contributed by atoms with van der Waals surface area (Å²) in [5.41, 5.74) is 4.57. The molecule has 1 aromatic heterocycles. The van der Waals surface area contributed by atoms with Gasteiger partial charge in [-0.25, -0.2) is 0 Å². The molecular formula is C13H19NO. The van der Waals surface area contributed by atoms with Gasteiger partial charge >= 0.3 is 0 Å². The smallest absolute Gasteiger partial charge is 0.0962 e. The molecule has 0 saturated carbocycles. The molecule has 1 aliphatic carbocycles. The highest BCUT2D eigenvalue weighted by Gasteiger charge is 2.21. The summed E-state index contributed by atoms with van der Waals surface area (Å²) in [7, 11) is 0. The van der Waals surface area contributed by atoms with Crippen LogP contribution in [0.4, 0.5) is 0 Å². The lowest BCUT2D eigenvalue weighted by molar-refractivity contribution is 0.151. The molecule has 0 bridgehead atoms. The first-order chi connectivity index (χ1) is 7.09. The molecule has 0 spiro atoms. The fourth-order valence-corrected chi connectivity index (χ4v) is 2.38. The van der Waals surface area contributed by atoms with Crippen LogP contribution in [0.5, 0.6) is 0 Å². The number of aromatic nitrogens is 1. The highest BCUT2D eigenvalue weighted by Crippen LogP contribution is 2.31. The lowest BCUT2D eigenvalue weighted by atomic mass is 9.90. The van der Waals surface area contributed by atoms with Gasteiger partial charge in [0.05, 0.1) is 11.8 Å². The Balaban J connectivity index is 2.49. The van der Waals surface area contributed by atoms with Crippen molar-refractivity contribution in [2.24, 2.45) is 0 Å². The van der Waals surface area contributed by atoms with Crippen molar-refractivity contribution in [1.82, 2.24) is 4.98 Å². The highest BCUT2D eigenvalue weighted by molar-refractivity contribution is 5.34. The summed E-state index contributed by atoms with van der Waals surface area (Å²) in [6.45, 7) is 6.42. The largest absolute Gasteiger partial charge is 0.387 e. The number of aliphatic hydroxyl groups is 1. The van der Waals surface area contributed by atoms with Crippen molar-refractivity contribution in [3.8, 4) is 0 Å². The molecule has 1 atom stereocenters. The number of nitrogens with zero attached hydrogens (tertiary/aromatic N) is 1. The standard InChI is InChI=1S/C13H19NO/c1-8(2)11-7-10-5-4-6-12(15)13(10)14-9(11)3/h7-8,12,15H,4-6H2,1-3H3. The summed E-state index contributed by atoms with van der Waals surface area (Å²) >= 11 is 0. The summed E-state index contributed by atoms with van der Waals surface area (Å²) in [4.78, 5) is 4.57. The molecule has 1 heterocycles. The molecule has 0 fully saturated rings. The maximum atomic E-state index is 9.85. The number of rotatable bonds is 1. The number of aryl methyl sites for hydroxylation is 2. The first-order valence-electron chi connectivity index (χ1n) is 5.78. The van der Waals surface area contributed by atoms with E-state index in [1.807, 2.05) is 6.92 Å². The number of hydrogen-bond acceptors (Lipinski definition) is 2. The van der Waals surface area contributed by atoms with Crippen LogP contribution in [0, 0.1) is 6.92 Å². The average Bonchev–Trinajstić information content (AvgIpc) is 2.18. The monoisotopic (exact) mass is 205 g/mol. The molecule has 0 amide bonds. The summed E-state index contributed by atoms with van der Waals surface area (Å²) in [6.07, 6.45) is 2.67. The third-order valence-electron chi connectivity index (χ3n) is 3.23. The Morgan fingerprint density at radius 2 is 2.20 bits per heavy atom. The van der Waals surface area contributed by atoms with E-state index in [1.165, 1.54) is 11.1 Å². The van der Waals surface area contributed by atoms with E-state index >= 15 is 0 Å². The van der Waals surface area contributed by atoms with Gasteiger partial charge in [0.1, 0.15) is 0 Å². The summed E-state index contributed by atoms with van der Waals surface area (Å²) < 4.78 is 0. The maximum Gasteiger partial charge on any atom is 0.0962 e. The van der Waals surface area contributed by atoms with Crippen LogP contribution < -0.4 is 0 Å². The molecule has 2 nitrogen and oxygen atoms in total. The zero-order valence-electron chi connectivity index (χ0n) is 9.75. The number of aliphatic hydroxyl groups excluding tert-OH is 1. The van der Waals surface area contributed by atoms with Crippen LogP contribution in [0.1, 0.15) is 61.2 Å². The van der Waals surface area contributed by atoms with Gasteiger partial charge in [-0.15, -0.1) is 0 Å². The van der Waals surface area contributed by atoms with E-state index in [9.17, 15) is 5.11 Å². The summed E-state index contributed by atoms with van der Waals surface area (Å²) in [6, 6.07) is 2.24. The van der Waals surface area contributed by atoms with Gasteiger partial charge in [-0.2, -0.15) is 0 Å². The molecule has 0 aromatic carbocycles. The molecule has 82 valence electrons. The van der Waals surface area contributed by atoms with E-state index in [-0.39, 0.29) is 6.10 Å². The minimum atomic E-state index is -0.339. The zero-order chi connectivity index (χ0) is 11.0. The highest BCUT2D eigenvalue weighted by atomic mass is 16.3. The normalized spacial score (nSPS) is 20.5. The molecule has 0 saturated heterocycles. The lowest BCUT2D eigenvalue weighted by Gasteiger charge is -2.23. The van der Waals surface area contributed by atoms with E-state index in [4.69, 9.17) is 0 Å². The number of fused-ring (bicyclic) bond motifs is 1. The van der Waals surface area contributed by atoms with E-state index in [2.05, 4.69) is 24.9 Å². The Morgan fingerprint density at radius 1 is 1.47 bits per heavy atom. The lowest BCUT2D eigenvalue weighted by Crippen LogP contribution is -2.13.